The van der Waals surface area contributed by atoms with Gasteiger partial charge in [-0.2, -0.15) is 0 Å². The molecule has 0 unspecified atom stereocenters. The number of amides is 1. The van der Waals surface area contributed by atoms with Gasteiger partial charge in [-0.3, -0.25) is 9.52 Å². The van der Waals surface area contributed by atoms with Gasteiger partial charge in [-0.05, 0) is 48.9 Å². The molecule has 3 aromatic rings. The summed E-state index contributed by atoms with van der Waals surface area (Å²) in [7, 11) is -3.89. The summed E-state index contributed by atoms with van der Waals surface area (Å²) >= 11 is 0. The molecule has 1 aliphatic heterocycles. The Morgan fingerprint density at radius 3 is 2.58 bits per heavy atom. The van der Waals surface area contributed by atoms with E-state index in [1.165, 1.54) is 18.2 Å². The summed E-state index contributed by atoms with van der Waals surface area (Å²) in [6.45, 7) is 2.87. The second kappa shape index (κ2) is 8.65. The van der Waals surface area contributed by atoms with E-state index in [4.69, 9.17) is 9.47 Å². The molecule has 0 aliphatic carbocycles. The number of aryl methyl sites for hydroxylation is 1. The van der Waals surface area contributed by atoms with Crippen molar-refractivity contribution in [3.8, 4) is 11.5 Å². The molecule has 2 aromatic carbocycles. The number of hydrogen-bond donors (Lipinski definition) is 2. The van der Waals surface area contributed by atoms with Gasteiger partial charge < -0.3 is 14.8 Å². The summed E-state index contributed by atoms with van der Waals surface area (Å²) in [5.41, 5.74) is 1.53. The molecule has 1 aromatic heterocycles. The first-order valence-electron chi connectivity index (χ1n) is 9.67. The summed E-state index contributed by atoms with van der Waals surface area (Å²) in [5, 5.41) is 2.69. The minimum atomic E-state index is -3.89. The molecule has 0 atom stereocenters. The number of aromatic nitrogens is 1. The molecule has 9 heteroatoms. The molecule has 0 spiro atoms. The molecular formula is C22H21N3O5S. The maximum Gasteiger partial charge on any atom is 0.262 e. The first-order valence-corrected chi connectivity index (χ1v) is 11.2. The molecular weight excluding hydrogens is 418 g/mol. The number of anilines is 2. The number of ether oxygens (including phenoxy) is 2. The van der Waals surface area contributed by atoms with Crippen LogP contribution in [0, 0.1) is 6.92 Å². The molecule has 1 amide bonds. The zero-order valence-corrected chi connectivity index (χ0v) is 17.6. The van der Waals surface area contributed by atoms with Crippen LogP contribution in [0.3, 0.4) is 0 Å². The lowest BCUT2D eigenvalue weighted by molar-refractivity contribution is 0.102. The van der Waals surface area contributed by atoms with Crippen LogP contribution in [0.1, 0.15) is 22.3 Å². The summed E-state index contributed by atoms with van der Waals surface area (Å²) in [6.07, 6.45) is 2.37. The largest absolute Gasteiger partial charge is 0.490 e. The number of benzene rings is 2. The average Bonchev–Trinajstić information content (AvgIpc) is 3.00. The summed E-state index contributed by atoms with van der Waals surface area (Å²) < 4.78 is 39.3. The Labute approximate surface area is 180 Å². The molecule has 0 radical (unpaired) electrons. The zero-order chi connectivity index (χ0) is 21.8. The maximum atomic E-state index is 12.9. The molecule has 2 N–H and O–H groups in total. The monoisotopic (exact) mass is 439 g/mol. The van der Waals surface area contributed by atoms with Crippen molar-refractivity contribution in [2.75, 3.05) is 23.3 Å². The predicted molar refractivity (Wildman–Crippen MR) is 116 cm³/mol. The number of pyridine rings is 1. The summed E-state index contributed by atoms with van der Waals surface area (Å²) in [6, 6.07) is 14.2. The number of carbonyl (C=O) groups excluding carboxylic acids is 1. The number of nitrogens with one attached hydrogen (secondary N) is 2. The highest BCUT2D eigenvalue weighted by Crippen LogP contribution is 2.32. The summed E-state index contributed by atoms with van der Waals surface area (Å²) in [5.74, 6) is 0.917. The summed E-state index contributed by atoms with van der Waals surface area (Å²) in [4.78, 5) is 16.7. The van der Waals surface area contributed by atoms with Gasteiger partial charge in [0.1, 0.15) is 5.82 Å². The second-order valence-corrected chi connectivity index (χ2v) is 8.70. The standard InChI is InChI=1S/C22H21N3O5S/c1-15-6-9-21(23-14-15)24-22(26)16-4-2-5-17(12-16)25-31(27,28)18-7-8-19-20(13-18)30-11-3-10-29-19/h2,4-9,12-14,25H,3,10-11H2,1H3,(H,23,24,26). The molecule has 0 saturated carbocycles. The maximum absolute atomic E-state index is 12.9. The van der Waals surface area contributed by atoms with Gasteiger partial charge in [0.2, 0.25) is 0 Å². The lowest BCUT2D eigenvalue weighted by Gasteiger charge is -2.12. The fourth-order valence-corrected chi connectivity index (χ4v) is 4.04. The number of carbonyl (C=O) groups is 1. The van der Waals surface area contributed by atoms with Gasteiger partial charge in [-0.15, -0.1) is 0 Å². The highest BCUT2D eigenvalue weighted by atomic mass is 32.2. The van der Waals surface area contributed by atoms with Crippen LogP contribution in [-0.4, -0.2) is 32.5 Å². The number of fused-ring (bicyclic) bond motifs is 1. The van der Waals surface area contributed by atoms with E-state index < -0.39 is 15.9 Å². The third-order valence-corrected chi connectivity index (χ3v) is 5.94. The van der Waals surface area contributed by atoms with Gasteiger partial charge in [0.15, 0.2) is 11.5 Å². The normalized spacial score (nSPS) is 13.2. The molecule has 31 heavy (non-hydrogen) atoms. The fourth-order valence-electron chi connectivity index (χ4n) is 2.98. The Morgan fingerprint density at radius 2 is 1.81 bits per heavy atom. The Bertz CT molecular complexity index is 1210. The third-order valence-electron chi connectivity index (χ3n) is 4.56. The van der Waals surface area contributed by atoms with E-state index in [1.54, 1.807) is 36.5 Å². The van der Waals surface area contributed by atoms with Gasteiger partial charge in [0, 0.05) is 29.9 Å². The Kier molecular flexibility index (Phi) is 5.77. The van der Waals surface area contributed by atoms with E-state index in [2.05, 4.69) is 15.0 Å². The average molecular weight is 439 g/mol. The number of nitrogens with zero attached hydrogens (tertiary/aromatic N) is 1. The van der Waals surface area contributed by atoms with E-state index in [1.807, 2.05) is 13.0 Å². The third kappa shape index (κ3) is 4.95. The Balaban J connectivity index is 1.52. The van der Waals surface area contributed by atoms with Crippen LogP contribution >= 0.6 is 0 Å². The fraction of sp³-hybridized carbons (Fsp3) is 0.182. The molecule has 160 valence electrons. The van der Waals surface area contributed by atoms with Crippen LogP contribution in [0.2, 0.25) is 0 Å². The minimum Gasteiger partial charge on any atom is -0.490 e. The van der Waals surface area contributed by atoms with Crippen molar-refractivity contribution in [2.24, 2.45) is 0 Å². The van der Waals surface area contributed by atoms with Gasteiger partial charge >= 0.3 is 0 Å². The molecule has 2 heterocycles. The number of rotatable bonds is 5. The van der Waals surface area contributed by atoms with Crippen LogP contribution in [0.15, 0.2) is 65.7 Å². The van der Waals surface area contributed by atoms with Crippen molar-refractivity contribution in [3.63, 3.8) is 0 Å². The Hall–Kier alpha value is -3.59. The number of hydrogen-bond acceptors (Lipinski definition) is 6. The molecule has 8 nitrogen and oxygen atoms in total. The van der Waals surface area contributed by atoms with Crippen LogP contribution < -0.4 is 19.5 Å². The van der Waals surface area contributed by atoms with E-state index in [0.717, 1.165) is 12.0 Å². The van der Waals surface area contributed by atoms with E-state index in [-0.39, 0.29) is 10.6 Å². The van der Waals surface area contributed by atoms with Crippen LogP contribution in [0.25, 0.3) is 0 Å². The van der Waals surface area contributed by atoms with Gasteiger partial charge in [0.05, 0.1) is 18.1 Å². The van der Waals surface area contributed by atoms with Crippen molar-refractivity contribution >= 4 is 27.4 Å². The quantitative estimate of drug-likeness (QED) is 0.629. The predicted octanol–water partition coefficient (Wildman–Crippen LogP) is 3.60. The van der Waals surface area contributed by atoms with Crippen molar-refractivity contribution in [2.45, 2.75) is 18.2 Å². The second-order valence-electron chi connectivity index (χ2n) is 7.02. The number of sulfonamides is 1. The Morgan fingerprint density at radius 1 is 1.00 bits per heavy atom. The van der Waals surface area contributed by atoms with Crippen molar-refractivity contribution in [1.29, 1.82) is 0 Å². The first-order chi connectivity index (χ1) is 14.9. The van der Waals surface area contributed by atoms with Crippen molar-refractivity contribution in [3.05, 3.63) is 71.9 Å². The van der Waals surface area contributed by atoms with Crippen molar-refractivity contribution < 1.29 is 22.7 Å². The minimum absolute atomic E-state index is 0.0375. The zero-order valence-electron chi connectivity index (χ0n) is 16.8. The van der Waals surface area contributed by atoms with Crippen LogP contribution in [-0.2, 0) is 10.0 Å². The topological polar surface area (TPSA) is 107 Å². The highest BCUT2D eigenvalue weighted by Gasteiger charge is 2.19. The van der Waals surface area contributed by atoms with E-state index >= 15 is 0 Å². The van der Waals surface area contributed by atoms with Crippen molar-refractivity contribution in [1.82, 2.24) is 4.98 Å². The molecule has 1 aliphatic rings. The van der Waals surface area contributed by atoms with E-state index in [9.17, 15) is 13.2 Å². The van der Waals surface area contributed by atoms with Gasteiger partial charge in [-0.1, -0.05) is 12.1 Å². The smallest absolute Gasteiger partial charge is 0.262 e. The van der Waals surface area contributed by atoms with Gasteiger partial charge in [0.25, 0.3) is 15.9 Å². The molecule has 4 rings (SSSR count). The SMILES string of the molecule is Cc1ccc(NC(=O)c2cccc(NS(=O)(=O)c3ccc4c(c3)OCCCO4)c2)nc1. The van der Waals surface area contributed by atoms with Crippen LogP contribution in [0.4, 0.5) is 11.5 Å². The van der Waals surface area contributed by atoms with Crippen LogP contribution in [0.5, 0.6) is 11.5 Å². The molecule has 0 saturated heterocycles. The first kappa shape index (κ1) is 20.7. The molecule has 0 bridgehead atoms. The molecule has 0 fully saturated rings. The van der Waals surface area contributed by atoms with Gasteiger partial charge in [-0.25, -0.2) is 13.4 Å². The van der Waals surface area contributed by atoms with E-state index in [0.29, 0.717) is 36.1 Å². The highest BCUT2D eigenvalue weighted by molar-refractivity contribution is 7.92. The lowest BCUT2D eigenvalue weighted by Crippen LogP contribution is -2.15. The lowest BCUT2D eigenvalue weighted by atomic mass is 10.2.